The van der Waals surface area contributed by atoms with Gasteiger partial charge >= 0.3 is 6.03 Å². The van der Waals surface area contributed by atoms with Crippen molar-refractivity contribution in [1.82, 2.24) is 5.32 Å². The highest BCUT2D eigenvalue weighted by Gasteiger charge is 2.13. The van der Waals surface area contributed by atoms with E-state index in [-0.39, 0.29) is 6.61 Å². The third-order valence-electron chi connectivity index (χ3n) is 3.03. The lowest BCUT2D eigenvalue weighted by atomic mass is 10.1. The fourth-order valence-corrected chi connectivity index (χ4v) is 2.01. The average Bonchev–Trinajstić information content (AvgIpc) is 2.54. The van der Waals surface area contributed by atoms with Crippen molar-refractivity contribution in [3.05, 3.63) is 64.7 Å². The van der Waals surface area contributed by atoms with Gasteiger partial charge in [0.25, 0.3) is 0 Å². The largest absolute Gasteiger partial charge is 0.394 e. The number of carbonyl (C=O) groups excluding carboxylic acids is 1. The quantitative estimate of drug-likeness (QED) is 0.810. The summed E-state index contributed by atoms with van der Waals surface area (Å²) < 4.78 is 0. The van der Waals surface area contributed by atoms with Gasteiger partial charge in [0.15, 0.2) is 0 Å². The molecule has 6 heteroatoms. The predicted octanol–water partition coefficient (Wildman–Crippen LogP) is 3.07. The van der Waals surface area contributed by atoms with Gasteiger partial charge in [-0.15, -0.1) is 0 Å². The molecule has 0 spiro atoms. The van der Waals surface area contributed by atoms with Crippen LogP contribution in [0.5, 0.6) is 0 Å². The average molecular weight is 316 g/mol. The van der Waals surface area contributed by atoms with Crippen LogP contribution in [-0.4, -0.2) is 17.7 Å². The maximum Gasteiger partial charge on any atom is 0.319 e. The van der Waals surface area contributed by atoms with Crippen LogP contribution in [0.4, 0.5) is 10.5 Å². The number of halogens is 1. The second-order valence-electron chi connectivity index (χ2n) is 4.57. The van der Waals surface area contributed by atoms with Crippen LogP contribution in [0.15, 0.2) is 48.5 Å². The normalized spacial score (nSPS) is 11.3. The second-order valence-corrected chi connectivity index (χ2v) is 5.01. The fourth-order valence-electron chi connectivity index (χ4n) is 1.88. The molecule has 0 bridgehead atoms. The van der Waals surface area contributed by atoms with Crippen LogP contribution >= 0.6 is 11.6 Å². The third-order valence-corrected chi connectivity index (χ3v) is 3.28. The molecular weight excluding hydrogens is 302 g/mol. The van der Waals surface area contributed by atoms with E-state index in [2.05, 4.69) is 10.6 Å². The van der Waals surface area contributed by atoms with Gasteiger partial charge in [-0.05, 0) is 42.0 Å². The van der Waals surface area contributed by atoms with Crippen LogP contribution in [0.3, 0.4) is 0 Å². The summed E-state index contributed by atoms with van der Waals surface area (Å²) in [6.45, 7) is -0.234. The predicted molar refractivity (Wildman–Crippen MR) is 84.6 cm³/mol. The van der Waals surface area contributed by atoms with Crippen LogP contribution in [0, 0.1) is 11.3 Å². The lowest BCUT2D eigenvalue weighted by molar-refractivity contribution is 0.225. The number of nitrogens with zero attached hydrogens (tertiary/aromatic N) is 1. The first-order valence-electron chi connectivity index (χ1n) is 6.56. The highest BCUT2D eigenvalue weighted by Crippen LogP contribution is 2.16. The SMILES string of the molecule is N#Cc1ccc(NC(=O)NC(CO)c2ccc(Cl)cc2)cc1. The van der Waals surface area contributed by atoms with Crippen LogP contribution < -0.4 is 10.6 Å². The number of rotatable bonds is 4. The summed E-state index contributed by atoms with van der Waals surface area (Å²) in [6, 6.07) is 14.4. The number of hydrogen-bond donors (Lipinski definition) is 3. The van der Waals surface area contributed by atoms with E-state index in [1.807, 2.05) is 6.07 Å². The van der Waals surface area contributed by atoms with Crippen molar-refractivity contribution in [1.29, 1.82) is 5.26 Å². The number of aliphatic hydroxyl groups excluding tert-OH is 1. The molecular formula is C16H14ClN3O2. The van der Waals surface area contributed by atoms with Gasteiger partial charge in [0.05, 0.1) is 24.3 Å². The minimum Gasteiger partial charge on any atom is -0.394 e. The second kappa shape index (κ2) is 7.46. The molecule has 112 valence electrons. The van der Waals surface area contributed by atoms with Crippen molar-refractivity contribution in [3.63, 3.8) is 0 Å². The van der Waals surface area contributed by atoms with Gasteiger partial charge in [-0.25, -0.2) is 4.79 Å². The van der Waals surface area contributed by atoms with Crippen LogP contribution in [0.25, 0.3) is 0 Å². The molecule has 2 rings (SSSR count). The first-order chi connectivity index (χ1) is 10.6. The molecule has 0 heterocycles. The van der Waals surface area contributed by atoms with Gasteiger partial charge in [-0.3, -0.25) is 0 Å². The molecule has 2 aromatic rings. The number of nitriles is 1. The topological polar surface area (TPSA) is 85.2 Å². The molecule has 0 saturated carbocycles. The van der Waals surface area contributed by atoms with E-state index in [1.54, 1.807) is 48.5 Å². The number of hydrogen-bond acceptors (Lipinski definition) is 3. The summed E-state index contributed by atoms with van der Waals surface area (Å²) in [6.07, 6.45) is 0. The molecule has 0 radical (unpaired) electrons. The van der Waals surface area contributed by atoms with E-state index in [0.717, 1.165) is 5.56 Å². The lowest BCUT2D eigenvalue weighted by Gasteiger charge is -2.17. The molecule has 22 heavy (non-hydrogen) atoms. The minimum atomic E-state index is -0.532. The van der Waals surface area contributed by atoms with Gasteiger partial charge in [0.2, 0.25) is 0 Å². The third kappa shape index (κ3) is 4.22. The first kappa shape index (κ1) is 15.8. The van der Waals surface area contributed by atoms with Crippen molar-refractivity contribution in [2.24, 2.45) is 0 Å². The van der Waals surface area contributed by atoms with Crippen LogP contribution in [0.1, 0.15) is 17.2 Å². The monoisotopic (exact) mass is 315 g/mol. The molecule has 0 aliphatic rings. The molecule has 0 saturated heterocycles. The zero-order chi connectivity index (χ0) is 15.9. The Morgan fingerprint density at radius 3 is 2.36 bits per heavy atom. The molecule has 1 unspecified atom stereocenters. The Hall–Kier alpha value is -2.55. The molecule has 0 fully saturated rings. The van der Waals surface area contributed by atoms with E-state index in [0.29, 0.717) is 16.3 Å². The molecule has 0 aromatic heterocycles. The van der Waals surface area contributed by atoms with Gasteiger partial charge in [0, 0.05) is 10.7 Å². The Morgan fingerprint density at radius 2 is 1.82 bits per heavy atom. The number of carbonyl (C=O) groups is 1. The maximum atomic E-state index is 12.0. The summed E-state index contributed by atoms with van der Waals surface area (Å²) in [7, 11) is 0. The number of anilines is 1. The van der Waals surface area contributed by atoms with Gasteiger partial charge in [-0.2, -0.15) is 5.26 Å². The lowest BCUT2D eigenvalue weighted by Crippen LogP contribution is -2.34. The molecule has 3 N–H and O–H groups in total. The fraction of sp³-hybridized carbons (Fsp3) is 0.125. The van der Waals surface area contributed by atoms with Crippen molar-refractivity contribution in [3.8, 4) is 6.07 Å². The van der Waals surface area contributed by atoms with E-state index >= 15 is 0 Å². The Labute approximate surface area is 133 Å². The van der Waals surface area contributed by atoms with Crippen LogP contribution in [-0.2, 0) is 0 Å². The molecule has 2 aromatic carbocycles. The maximum absolute atomic E-state index is 12.0. The molecule has 1 atom stereocenters. The van der Waals surface area contributed by atoms with Crippen molar-refractivity contribution in [2.75, 3.05) is 11.9 Å². The number of benzene rings is 2. The molecule has 0 aliphatic carbocycles. The molecule has 0 aliphatic heterocycles. The Bertz CT molecular complexity index is 678. The zero-order valence-corrected chi connectivity index (χ0v) is 12.3. The van der Waals surface area contributed by atoms with E-state index in [1.165, 1.54) is 0 Å². The number of aliphatic hydroxyl groups is 1. The zero-order valence-electron chi connectivity index (χ0n) is 11.6. The van der Waals surface area contributed by atoms with Crippen molar-refractivity contribution in [2.45, 2.75) is 6.04 Å². The Morgan fingerprint density at radius 1 is 1.18 bits per heavy atom. The highest BCUT2D eigenvalue weighted by molar-refractivity contribution is 6.30. The van der Waals surface area contributed by atoms with Crippen LogP contribution in [0.2, 0.25) is 5.02 Å². The standard InChI is InChI=1S/C16H14ClN3O2/c17-13-5-3-12(4-6-13)15(10-21)20-16(22)19-14-7-1-11(9-18)2-8-14/h1-8,15,21H,10H2,(H2,19,20,22). The first-order valence-corrected chi connectivity index (χ1v) is 6.94. The van der Waals surface area contributed by atoms with E-state index < -0.39 is 12.1 Å². The number of amides is 2. The van der Waals surface area contributed by atoms with Gasteiger partial charge in [-0.1, -0.05) is 23.7 Å². The highest BCUT2D eigenvalue weighted by atomic mass is 35.5. The van der Waals surface area contributed by atoms with E-state index in [4.69, 9.17) is 16.9 Å². The summed E-state index contributed by atoms with van der Waals surface area (Å²) in [5.41, 5.74) is 1.83. The summed E-state index contributed by atoms with van der Waals surface area (Å²) in [5.74, 6) is 0. The van der Waals surface area contributed by atoms with Crippen molar-refractivity contribution < 1.29 is 9.90 Å². The minimum absolute atomic E-state index is 0.234. The van der Waals surface area contributed by atoms with Crippen molar-refractivity contribution >= 4 is 23.3 Å². The molecule has 5 nitrogen and oxygen atoms in total. The summed E-state index contributed by atoms with van der Waals surface area (Å²) >= 11 is 5.81. The van der Waals surface area contributed by atoms with Gasteiger partial charge in [0.1, 0.15) is 0 Å². The Kier molecular flexibility index (Phi) is 5.37. The van der Waals surface area contributed by atoms with E-state index in [9.17, 15) is 9.90 Å². The Balaban J connectivity index is 1.99. The number of nitrogens with one attached hydrogen (secondary N) is 2. The summed E-state index contributed by atoms with van der Waals surface area (Å²) in [4.78, 5) is 12.0. The molecule has 2 amide bonds. The summed E-state index contributed by atoms with van der Waals surface area (Å²) in [5, 5.41) is 24.0. The smallest absolute Gasteiger partial charge is 0.319 e. The van der Waals surface area contributed by atoms with Gasteiger partial charge < -0.3 is 15.7 Å². The number of urea groups is 1.